The first-order valence-corrected chi connectivity index (χ1v) is 7.50. The Kier molecular flexibility index (Phi) is 7.14. The van der Waals surface area contributed by atoms with Crippen molar-refractivity contribution in [1.29, 1.82) is 0 Å². The van der Waals surface area contributed by atoms with E-state index >= 15 is 0 Å². The summed E-state index contributed by atoms with van der Waals surface area (Å²) < 4.78 is 0. The summed E-state index contributed by atoms with van der Waals surface area (Å²) in [5, 5.41) is 16.3. The molecular formula is C15H23N4O4+. The molecule has 2 amide bonds. The third kappa shape index (κ3) is 5.67. The van der Waals surface area contributed by atoms with Crippen LogP contribution in [0.25, 0.3) is 0 Å². The predicted molar refractivity (Wildman–Crippen MR) is 86.2 cm³/mol. The van der Waals surface area contributed by atoms with E-state index in [1.165, 1.54) is 18.2 Å². The van der Waals surface area contributed by atoms with Gasteiger partial charge in [0, 0.05) is 12.6 Å². The fraction of sp³-hybridized carbons (Fsp3) is 0.467. The number of quaternary nitrogens is 1. The van der Waals surface area contributed by atoms with Crippen LogP contribution in [0.1, 0.15) is 20.3 Å². The van der Waals surface area contributed by atoms with Crippen LogP contribution in [0.4, 0.5) is 11.4 Å². The van der Waals surface area contributed by atoms with Crippen LogP contribution in [0.15, 0.2) is 24.3 Å². The zero-order valence-electron chi connectivity index (χ0n) is 13.6. The van der Waals surface area contributed by atoms with E-state index in [0.29, 0.717) is 11.4 Å². The summed E-state index contributed by atoms with van der Waals surface area (Å²) in [6.45, 7) is 4.39. The van der Waals surface area contributed by atoms with Crippen LogP contribution in [0.2, 0.25) is 0 Å². The highest BCUT2D eigenvalue weighted by Crippen LogP contribution is 2.22. The zero-order valence-corrected chi connectivity index (χ0v) is 13.6. The van der Waals surface area contributed by atoms with E-state index in [1.807, 2.05) is 6.92 Å². The van der Waals surface area contributed by atoms with Crippen molar-refractivity contribution >= 4 is 23.2 Å². The molecule has 0 saturated carbocycles. The maximum Gasteiger partial charge on any atom is 0.292 e. The highest BCUT2D eigenvalue weighted by molar-refractivity contribution is 5.95. The molecule has 0 saturated heterocycles. The third-order valence-corrected chi connectivity index (χ3v) is 3.50. The number of para-hydroxylation sites is 2. The van der Waals surface area contributed by atoms with E-state index in [2.05, 4.69) is 10.6 Å². The van der Waals surface area contributed by atoms with Crippen LogP contribution in [0.3, 0.4) is 0 Å². The van der Waals surface area contributed by atoms with Crippen LogP contribution < -0.4 is 15.5 Å². The van der Waals surface area contributed by atoms with Gasteiger partial charge in [0.25, 0.3) is 17.5 Å². The molecule has 3 N–H and O–H groups in total. The van der Waals surface area contributed by atoms with Gasteiger partial charge in [-0.25, -0.2) is 0 Å². The van der Waals surface area contributed by atoms with Gasteiger partial charge in [-0.05, 0) is 19.4 Å². The second-order valence-corrected chi connectivity index (χ2v) is 5.36. The average Bonchev–Trinajstić information content (AvgIpc) is 2.52. The molecule has 0 aromatic heterocycles. The number of carbonyl (C=O) groups excluding carboxylic acids is 2. The molecule has 0 aliphatic carbocycles. The van der Waals surface area contributed by atoms with Gasteiger partial charge in [-0.1, -0.05) is 19.1 Å². The highest BCUT2D eigenvalue weighted by atomic mass is 16.6. The van der Waals surface area contributed by atoms with Crippen molar-refractivity contribution in [2.75, 3.05) is 25.5 Å². The Morgan fingerprint density at radius 3 is 2.61 bits per heavy atom. The van der Waals surface area contributed by atoms with Gasteiger partial charge in [0.1, 0.15) is 5.69 Å². The summed E-state index contributed by atoms with van der Waals surface area (Å²) in [4.78, 5) is 35.0. The summed E-state index contributed by atoms with van der Waals surface area (Å²) in [5.41, 5.74) is -0.0102. The van der Waals surface area contributed by atoms with E-state index in [1.54, 1.807) is 20.0 Å². The molecule has 0 spiro atoms. The molecule has 1 rings (SSSR count). The fourth-order valence-corrected chi connectivity index (χ4v) is 1.94. The minimum atomic E-state index is -0.547. The maximum atomic E-state index is 12.2. The lowest BCUT2D eigenvalue weighted by Gasteiger charge is -2.20. The largest absolute Gasteiger partial charge is 0.351 e. The predicted octanol–water partition coefficient (Wildman–Crippen LogP) is -0.0373. The van der Waals surface area contributed by atoms with E-state index < -0.39 is 11.0 Å². The van der Waals surface area contributed by atoms with Crippen molar-refractivity contribution in [3.05, 3.63) is 34.4 Å². The van der Waals surface area contributed by atoms with Gasteiger partial charge >= 0.3 is 0 Å². The minimum Gasteiger partial charge on any atom is -0.351 e. The molecule has 1 aromatic rings. The Hall–Kier alpha value is -2.48. The van der Waals surface area contributed by atoms with Gasteiger partial charge in [0.05, 0.1) is 12.0 Å². The molecule has 0 radical (unpaired) electrons. The molecule has 0 bridgehead atoms. The molecule has 0 heterocycles. The van der Waals surface area contributed by atoms with Crippen LogP contribution in [-0.2, 0) is 9.59 Å². The SMILES string of the molecule is CCCNC(=O)C[NH+](C)[C@@H](C)C(=O)Nc1ccccc1[N+](=O)[O-]. The Labute approximate surface area is 135 Å². The molecule has 1 unspecified atom stereocenters. The number of carbonyl (C=O) groups is 2. The molecule has 2 atom stereocenters. The number of amides is 2. The summed E-state index contributed by atoms with van der Waals surface area (Å²) in [6.07, 6.45) is 0.846. The zero-order chi connectivity index (χ0) is 17.4. The number of nitrogens with zero attached hydrogens (tertiary/aromatic N) is 1. The van der Waals surface area contributed by atoms with E-state index in [4.69, 9.17) is 0 Å². The highest BCUT2D eigenvalue weighted by Gasteiger charge is 2.25. The second-order valence-electron chi connectivity index (χ2n) is 5.36. The Morgan fingerprint density at radius 1 is 1.35 bits per heavy atom. The van der Waals surface area contributed by atoms with E-state index in [0.717, 1.165) is 6.42 Å². The molecular weight excluding hydrogens is 300 g/mol. The fourth-order valence-electron chi connectivity index (χ4n) is 1.94. The molecule has 23 heavy (non-hydrogen) atoms. The van der Waals surface area contributed by atoms with Gasteiger partial charge in [-0.3, -0.25) is 19.7 Å². The van der Waals surface area contributed by atoms with Crippen LogP contribution in [-0.4, -0.2) is 42.9 Å². The van der Waals surface area contributed by atoms with Crippen molar-refractivity contribution in [2.24, 2.45) is 0 Å². The van der Waals surface area contributed by atoms with E-state index in [9.17, 15) is 19.7 Å². The molecule has 8 nitrogen and oxygen atoms in total. The van der Waals surface area contributed by atoms with Crippen LogP contribution in [0, 0.1) is 10.1 Å². The standard InChI is InChI=1S/C15H22N4O4/c1-4-9-16-14(20)10-18(3)11(2)15(21)17-12-7-5-6-8-13(12)19(22)23/h5-8,11H,4,9-10H2,1-3H3,(H,16,20)(H,17,21)/p+1/t11-/m0/s1. The number of nitro groups is 1. The monoisotopic (exact) mass is 323 g/mol. The van der Waals surface area contributed by atoms with Crippen molar-refractivity contribution in [3.63, 3.8) is 0 Å². The number of hydrogen-bond acceptors (Lipinski definition) is 4. The number of hydrogen-bond donors (Lipinski definition) is 3. The number of rotatable bonds is 8. The summed E-state index contributed by atoms with van der Waals surface area (Å²) >= 11 is 0. The lowest BCUT2D eigenvalue weighted by molar-refractivity contribution is -0.885. The Bertz CT molecular complexity index is 576. The first kappa shape index (κ1) is 18.6. The minimum absolute atomic E-state index is 0.130. The summed E-state index contributed by atoms with van der Waals surface area (Å²) in [7, 11) is 1.73. The lowest BCUT2D eigenvalue weighted by atomic mass is 10.2. The van der Waals surface area contributed by atoms with Crippen LogP contribution >= 0.6 is 0 Å². The van der Waals surface area contributed by atoms with Crippen molar-refractivity contribution < 1.29 is 19.4 Å². The number of anilines is 1. The van der Waals surface area contributed by atoms with Gasteiger partial charge in [0.2, 0.25) is 0 Å². The number of benzene rings is 1. The molecule has 0 aliphatic rings. The van der Waals surface area contributed by atoms with Crippen molar-refractivity contribution in [3.8, 4) is 0 Å². The number of nitrogens with one attached hydrogen (secondary N) is 3. The maximum absolute atomic E-state index is 12.2. The quantitative estimate of drug-likeness (QED) is 0.461. The average molecular weight is 323 g/mol. The first-order chi connectivity index (χ1) is 10.9. The molecule has 0 fully saturated rings. The topological polar surface area (TPSA) is 106 Å². The van der Waals surface area contributed by atoms with Gasteiger partial charge in [-0.2, -0.15) is 0 Å². The molecule has 126 valence electrons. The van der Waals surface area contributed by atoms with Gasteiger partial charge < -0.3 is 15.5 Å². The normalized spacial score (nSPS) is 13.0. The summed E-state index contributed by atoms with van der Waals surface area (Å²) in [6, 6.07) is 5.43. The third-order valence-electron chi connectivity index (χ3n) is 3.50. The molecule has 8 heteroatoms. The Morgan fingerprint density at radius 2 is 2.00 bits per heavy atom. The van der Waals surface area contributed by atoms with Crippen molar-refractivity contribution in [2.45, 2.75) is 26.3 Å². The molecule has 1 aromatic carbocycles. The molecule has 0 aliphatic heterocycles. The van der Waals surface area contributed by atoms with Gasteiger partial charge in [0.15, 0.2) is 12.6 Å². The smallest absolute Gasteiger partial charge is 0.292 e. The lowest BCUT2D eigenvalue weighted by Crippen LogP contribution is -3.15. The van der Waals surface area contributed by atoms with E-state index in [-0.39, 0.29) is 29.7 Å². The number of likely N-dealkylation sites (N-methyl/N-ethyl adjacent to an activating group) is 1. The Balaban J connectivity index is 2.67. The van der Waals surface area contributed by atoms with Crippen LogP contribution in [0.5, 0.6) is 0 Å². The summed E-state index contributed by atoms with van der Waals surface area (Å²) in [5.74, 6) is -0.505. The first-order valence-electron chi connectivity index (χ1n) is 7.50. The second kappa shape index (κ2) is 8.84. The van der Waals surface area contributed by atoms with Crippen molar-refractivity contribution in [1.82, 2.24) is 5.32 Å². The number of nitro benzene ring substituents is 1. The van der Waals surface area contributed by atoms with Gasteiger partial charge in [-0.15, -0.1) is 0 Å².